The fourth-order valence-corrected chi connectivity index (χ4v) is 4.13. The van der Waals surface area contributed by atoms with Crippen LogP contribution >= 0.6 is 0 Å². The highest BCUT2D eigenvalue weighted by atomic mass is 32.2. The second kappa shape index (κ2) is 10.6. The lowest BCUT2D eigenvalue weighted by Gasteiger charge is -2.18. The maximum Gasteiger partial charge on any atom is 0.287 e. The normalized spacial score (nSPS) is 11.9. The number of amides is 2. The van der Waals surface area contributed by atoms with Crippen LogP contribution in [0.2, 0.25) is 0 Å². The van der Waals surface area contributed by atoms with E-state index >= 15 is 0 Å². The smallest absolute Gasteiger partial charge is 0.287 e. The molecule has 0 bridgehead atoms. The number of carbonyl (C=O) groups excluding carboxylic acids is 2. The van der Waals surface area contributed by atoms with Gasteiger partial charge in [-0.2, -0.15) is 0 Å². The standard InChI is InChI=1S/C24H21N5O5S/c30-22(20(16-17-6-2-1-3-7-17)28-23(31)21-8-4-15-34-21)27-18-9-11-19(12-10-18)35(32,33)29-24-25-13-5-14-26-24/h1-15,20H,16H2,(H,27,30)(H,28,31)(H,25,26,29). The van der Waals surface area contributed by atoms with Gasteiger partial charge in [-0.1, -0.05) is 30.3 Å². The van der Waals surface area contributed by atoms with Crippen LogP contribution in [0.25, 0.3) is 0 Å². The van der Waals surface area contributed by atoms with Gasteiger partial charge in [-0.15, -0.1) is 0 Å². The molecule has 2 heterocycles. The van der Waals surface area contributed by atoms with Crippen molar-refractivity contribution in [1.82, 2.24) is 15.3 Å². The molecule has 4 rings (SSSR count). The van der Waals surface area contributed by atoms with E-state index in [0.717, 1.165) is 5.56 Å². The number of aromatic nitrogens is 2. The van der Waals surface area contributed by atoms with E-state index in [1.54, 1.807) is 12.1 Å². The van der Waals surface area contributed by atoms with Crippen molar-refractivity contribution < 1.29 is 22.4 Å². The second-order valence-corrected chi connectivity index (χ2v) is 9.07. The van der Waals surface area contributed by atoms with E-state index in [9.17, 15) is 18.0 Å². The number of hydrogen-bond acceptors (Lipinski definition) is 7. The van der Waals surface area contributed by atoms with Crippen LogP contribution in [-0.4, -0.2) is 36.2 Å². The number of furan rings is 1. The quantitative estimate of drug-likeness (QED) is 0.327. The van der Waals surface area contributed by atoms with Crippen LogP contribution in [0.4, 0.5) is 11.6 Å². The Labute approximate surface area is 201 Å². The predicted molar refractivity (Wildman–Crippen MR) is 128 cm³/mol. The molecule has 0 fully saturated rings. The first kappa shape index (κ1) is 23.6. The van der Waals surface area contributed by atoms with Gasteiger partial charge >= 0.3 is 0 Å². The number of rotatable bonds is 9. The van der Waals surface area contributed by atoms with E-state index in [0.29, 0.717) is 5.69 Å². The molecule has 178 valence electrons. The van der Waals surface area contributed by atoms with Crippen molar-refractivity contribution in [1.29, 1.82) is 0 Å². The van der Waals surface area contributed by atoms with E-state index in [1.807, 2.05) is 30.3 Å². The predicted octanol–water partition coefficient (Wildman–Crippen LogP) is 2.85. The van der Waals surface area contributed by atoms with E-state index in [2.05, 4.69) is 25.3 Å². The third kappa shape index (κ3) is 6.30. The first-order chi connectivity index (χ1) is 16.9. The van der Waals surface area contributed by atoms with Crippen LogP contribution < -0.4 is 15.4 Å². The first-order valence-electron chi connectivity index (χ1n) is 10.5. The SMILES string of the molecule is O=C(NC(Cc1ccccc1)C(=O)Nc1ccc(S(=O)(=O)Nc2ncccn2)cc1)c1ccco1. The van der Waals surface area contributed by atoms with Gasteiger partial charge in [0.15, 0.2) is 5.76 Å². The molecule has 0 aliphatic rings. The number of anilines is 2. The number of sulfonamides is 1. The topological polar surface area (TPSA) is 143 Å². The van der Waals surface area contributed by atoms with Crippen molar-refractivity contribution in [3.63, 3.8) is 0 Å². The molecule has 0 radical (unpaired) electrons. The molecule has 1 atom stereocenters. The molecule has 2 amide bonds. The summed E-state index contributed by atoms with van der Waals surface area (Å²) in [4.78, 5) is 33.2. The molecule has 0 saturated carbocycles. The van der Waals surface area contributed by atoms with Gasteiger partial charge in [-0.3, -0.25) is 9.59 Å². The highest BCUT2D eigenvalue weighted by Gasteiger charge is 2.23. The monoisotopic (exact) mass is 491 g/mol. The Hall–Kier alpha value is -4.51. The van der Waals surface area contributed by atoms with Gasteiger partial charge in [0.2, 0.25) is 11.9 Å². The first-order valence-corrected chi connectivity index (χ1v) is 12.0. The Balaban J connectivity index is 1.47. The zero-order chi connectivity index (χ0) is 24.7. The average Bonchev–Trinajstić information content (AvgIpc) is 3.40. The molecule has 3 N–H and O–H groups in total. The maximum atomic E-state index is 13.0. The number of benzene rings is 2. The van der Waals surface area contributed by atoms with Gasteiger partial charge in [0.05, 0.1) is 11.2 Å². The second-order valence-electron chi connectivity index (χ2n) is 7.38. The maximum absolute atomic E-state index is 13.0. The van der Waals surface area contributed by atoms with Crippen LogP contribution in [-0.2, 0) is 21.2 Å². The lowest BCUT2D eigenvalue weighted by molar-refractivity contribution is -0.118. The van der Waals surface area contributed by atoms with Crippen molar-refractivity contribution in [2.75, 3.05) is 10.0 Å². The molecule has 0 spiro atoms. The Bertz CT molecular complexity index is 1380. The zero-order valence-electron chi connectivity index (χ0n) is 18.3. The Morgan fingerprint density at radius 2 is 1.60 bits per heavy atom. The third-order valence-corrected chi connectivity index (χ3v) is 6.22. The van der Waals surface area contributed by atoms with Crippen LogP contribution in [0.1, 0.15) is 16.1 Å². The summed E-state index contributed by atoms with van der Waals surface area (Å²) in [6, 6.07) is 18.6. The summed E-state index contributed by atoms with van der Waals surface area (Å²) in [5.41, 5.74) is 1.21. The van der Waals surface area contributed by atoms with Gasteiger partial charge in [0.1, 0.15) is 6.04 Å². The highest BCUT2D eigenvalue weighted by Crippen LogP contribution is 2.17. The van der Waals surface area contributed by atoms with Crippen LogP contribution in [0.15, 0.2) is 101 Å². The largest absolute Gasteiger partial charge is 0.459 e. The molecule has 10 nitrogen and oxygen atoms in total. The minimum Gasteiger partial charge on any atom is -0.459 e. The van der Waals surface area contributed by atoms with Crippen molar-refractivity contribution in [3.8, 4) is 0 Å². The molecule has 2 aromatic heterocycles. The van der Waals surface area contributed by atoms with Gasteiger partial charge in [0, 0.05) is 24.5 Å². The van der Waals surface area contributed by atoms with Crippen molar-refractivity contribution in [3.05, 3.63) is 103 Å². The fraction of sp³-hybridized carbons (Fsp3) is 0.0833. The average molecular weight is 492 g/mol. The lowest BCUT2D eigenvalue weighted by atomic mass is 10.0. The summed E-state index contributed by atoms with van der Waals surface area (Å²) >= 11 is 0. The van der Waals surface area contributed by atoms with E-state index < -0.39 is 27.9 Å². The van der Waals surface area contributed by atoms with Gasteiger partial charge in [0.25, 0.3) is 15.9 Å². The molecule has 11 heteroatoms. The lowest BCUT2D eigenvalue weighted by Crippen LogP contribution is -2.45. The van der Waals surface area contributed by atoms with Gasteiger partial charge in [-0.25, -0.2) is 23.1 Å². The summed E-state index contributed by atoms with van der Waals surface area (Å²) in [5.74, 6) is -0.969. The van der Waals surface area contributed by atoms with Gasteiger partial charge in [-0.05, 0) is 48.0 Å². The minimum absolute atomic E-state index is 0.0325. The van der Waals surface area contributed by atoms with Crippen LogP contribution in [0, 0.1) is 0 Å². The van der Waals surface area contributed by atoms with E-state index in [-0.39, 0.29) is 23.0 Å². The Morgan fingerprint density at radius 3 is 2.26 bits per heavy atom. The van der Waals surface area contributed by atoms with E-state index in [1.165, 1.54) is 49.0 Å². The fourth-order valence-electron chi connectivity index (χ4n) is 3.17. The highest BCUT2D eigenvalue weighted by molar-refractivity contribution is 7.92. The Morgan fingerprint density at radius 1 is 0.886 bits per heavy atom. The number of nitrogens with one attached hydrogen (secondary N) is 3. The Kier molecular flexibility index (Phi) is 7.17. The summed E-state index contributed by atoms with van der Waals surface area (Å²) in [6.45, 7) is 0. The van der Waals surface area contributed by atoms with Crippen LogP contribution in [0.5, 0.6) is 0 Å². The van der Waals surface area contributed by atoms with E-state index in [4.69, 9.17) is 4.42 Å². The zero-order valence-corrected chi connectivity index (χ0v) is 19.1. The molecule has 0 aliphatic carbocycles. The van der Waals surface area contributed by atoms with Crippen molar-refractivity contribution in [2.45, 2.75) is 17.4 Å². The third-order valence-electron chi connectivity index (χ3n) is 4.87. The molecule has 1 unspecified atom stereocenters. The molecule has 35 heavy (non-hydrogen) atoms. The molecule has 0 saturated heterocycles. The molecule has 4 aromatic rings. The molecular formula is C24H21N5O5S. The minimum atomic E-state index is -3.91. The summed E-state index contributed by atoms with van der Waals surface area (Å²) in [5, 5.41) is 5.40. The number of carbonyl (C=O) groups is 2. The molecule has 2 aromatic carbocycles. The number of hydrogen-bond donors (Lipinski definition) is 3. The van der Waals surface area contributed by atoms with Crippen molar-refractivity contribution in [2.24, 2.45) is 0 Å². The molecule has 0 aliphatic heterocycles. The van der Waals surface area contributed by atoms with Crippen LogP contribution in [0.3, 0.4) is 0 Å². The summed E-state index contributed by atoms with van der Waals surface area (Å²) in [6.07, 6.45) is 4.45. The summed E-state index contributed by atoms with van der Waals surface area (Å²) in [7, 11) is -3.91. The summed E-state index contributed by atoms with van der Waals surface area (Å²) < 4.78 is 32.5. The van der Waals surface area contributed by atoms with Crippen molar-refractivity contribution >= 4 is 33.5 Å². The molecular weight excluding hydrogens is 470 g/mol. The van der Waals surface area contributed by atoms with Gasteiger partial charge < -0.3 is 15.1 Å². The number of nitrogens with zero attached hydrogens (tertiary/aromatic N) is 2.